The molecule has 1 fully saturated rings. The SMILES string of the molecule is CCOc1cc2c(cc1CNC(=O)CCC(=O)N1CCOCC1)O[C@H](C)C2. The van der Waals surface area contributed by atoms with Crippen LogP contribution in [0.5, 0.6) is 11.5 Å². The maximum atomic E-state index is 12.2. The minimum Gasteiger partial charge on any atom is -0.494 e. The minimum absolute atomic E-state index is 0.00312. The highest BCUT2D eigenvalue weighted by molar-refractivity contribution is 5.83. The smallest absolute Gasteiger partial charge is 0.223 e. The van der Waals surface area contributed by atoms with Crippen LogP contribution in [0, 0.1) is 0 Å². The van der Waals surface area contributed by atoms with Crippen molar-refractivity contribution in [3.05, 3.63) is 23.3 Å². The lowest BCUT2D eigenvalue weighted by atomic mass is 10.1. The molecule has 2 aliphatic heterocycles. The van der Waals surface area contributed by atoms with Crippen molar-refractivity contribution in [3.63, 3.8) is 0 Å². The molecule has 2 amide bonds. The van der Waals surface area contributed by atoms with Gasteiger partial charge in [-0.2, -0.15) is 0 Å². The third kappa shape index (κ3) is 5.13. The highest BCUT2D eigenvalue weighted by atomic mass is 16.5. The lowest BCUT2D eigenvalue weighted by Gasteiger charge is -2.26. The van der Waals surface area contributed by atoms with Crippen molar-refractivity contribution in [2.45, 2.75) is 45.8 Å². The Morgan fingerprint density at radius 1 is 1.26 bits per heavy atom. The second kappa shape index (κ2) is 9.08. The summed E-state index contributed by atoms with van der Waals surface area (Å²) in [5.74, 6) is 1.49. The monoisotopic (exact) mass is 376 g/mol. The average molecular weight is 376 g/mol. The number of benzene rings is 1. The van der Waals surface area contributed by atoms with Gasteiger partial charge in [-0.1, -0.05) is 0 Å². The summed E-state index contributed by atoms with van der Waals surface area (Å²) in [4.78, 5) is 26.1. The molecule has 3 rings (SSSR count). The maximum absolute atomic E-state index is 12.2. The average Bonchev–Trinajstić information content (AvgIpc) is 3.04. The standard InChI is InChI=1S/C20H28N2O5/c1-3-26-17-11-15-10-14(2)27-18(15)12-16(17)13-21-19(23)4-5-20(24)22-6-8-25-9-7-22/h11-12,14H,3-10,13H2,1-2H3,(H,21,23)/t14-/m1/s1. The lowest BCUT2D eigenvalue weighted by Crippen LogP contribution is -2.41. The first-order valence-corrected chi connectivity index (χ1v) is 9.64. The Labute approximate surface area is 160 Å². The fraction of sp³-hybridized carbons (Fsp3) is 0.600. The normalized spacial score (nSPS) is 18.6. The minimum atomic E-state index is -0.145. The van der Waals surface area contributed by atoms with Gasteiger partial charge in [-0.25, -0.2) is 0 Å². The fourth-order valence-electron chi connectivity index (χ4n) is 3.38. The summed E-state index contributed by atoms with van der Waals surface area (Å²) in [5, 5.41) is 2.89. The van der Waals surface area contributed by atoms with Gasteiger partial charge in [0, 0.05) is 50.0 Å². The predicted molar refractivity (Wildman–Crippen MR) is 99.9 cm³/mol. The largest absolute Gasteiger partial charge is 0.494 e. The molecule has 0 saturated carbocycles. The van der Waals surface area contributed by atoms with E-state index in [1.807, 2.05) is 26.0 Å². The number of carbonyl (C=O) groups excluding carboxylic acids is 2. The van der Waals surface area contributed by atoms with Crippen molar-refractivity contribution in [3.8, 4) is 11.5 Å². The van der Waals surface area contributed by atoms with E-state index in [9.17, 15) is 9.59 Å². The number of rotatable bonds is 7. The third-order valence-corrected chi connectivity index (χ3v) is 4.78. The number of hydrogen-bond acceptors (Lipinski definition) is 5. The summed E-state index contributed by atoms with van der Waals surface area (Å²) in [6.07, 6.45) is 1.42. The summed E-state index contributed by atoms with van der Waals surface area (Å²) in [6.45, 7) is 7.22. The quantitative estimate of drug-likeness (QED) is 0.783. The molecule has 1 atom stereocenters. The van der Waals surface area contributed by atoms with Gasteiger partial charge in [-0.3, -0.25) is 9.59 Å². The van der Waals surface area contributed by atoms with Crippen LogP contribution in [-0.4, -0.2) is 55.7 Å². The number of morpholine rings is 1. The van der Waals surface area contributed by atoms with Crippen LogP contribution in [0.25, 0.3) is 0 Å². The van der Waals surface area contributed by atoms with Crippen molar-refractivity contribution in [2.75, 3.05) is 32.9 Å². The maximum Gasteiger partial charge on any atom is 0.223 e. The number of amides is 2. The van der Waals surface area contributed by atoms with Crippen molar-refractivity contribution < 1.29 is 23.8 Å². The highest BCUT2D eigenvalue weighted by Crippen LogP contribution is 2.35. The zero-order chi connectivity index (χ0) is 19.2. The van der Waals surface area contributed by atoms with E-state index in [1.165, 1.54) is 0 Å². The Kier molecular flexibility index (Phi) is 6.55. The zero-order valence-corrected chi connectivity index (χ0v) is 16.1. The number of hydrogen-bond donors (Lipinski definition) is 1. The van der Waals surface area contributed by atoms with Crippen LogP contribution in [-0.2, 0) is 27.3 Å². The summed E-state index contributed by atoms with van der Waals surface area (Å²) in [5.41, 5.74) is 2.02. The molecule has 1 saturated heterocycles. The molecule has 2 heterocycles. The Balaban J connectivity index is 1.52. The van der Waals surface area contributed by atoms with E-state index in [-0.39, 0.29) is 30.8 Å². The number of nitrogens with one attached hydrogen (secondary N) is 1. The van der Waals surface area contributed by atoms with Gasteiger partial charge < -0.3 is 24.4 Å². The van der Waals surface area contributed by atoms with Gasteiger partial charge in [-0.05, 0) is 26.0 Å². The molecule has 1 aromatic carbocycles. The van der Waals surface area contributed by atoms with Crippen LogP contribution in [0.2, 0.25) is 0 Å². The fourth-order valence-corrected chi connectivity index (χ4v) is 3.38. The number of ether oxygens (including phenoxy) is 3. The van der Waals surface area contributed by atoms with Gasteiger partial charge in [0.1, 0.15) is 17.6 Å². The second-order valence-corrected chi connectivity index (χ2v) is 6.90. The molecule has 1 N–H and O–H groups in total. The predicted octanol–water partition coefficient (Wildman–Crippen LogP) is 1.66. The summed E-state index contributed by atoms with van der Waals surface area (Å²) in [7, 11) is 0. The van der Waals surface area contributed by atoms with Crippen LogP contribution >= 0.6 is 0 Å². The van der Waals surface area contributed by atoms with Crippen molar-refractivity contribution in [2.24, 2.45) is 0 Å². The highest BCUT2D eigenvalue weighted by Gasteiger charge is 2.22. The molecule has 2 aliphatic rings. The van der Waals surface area contributed by atoms with Crippen LogP contribution in [0.4, 0.5) is 0 Å². The van der Waals surface area contributed by atoms with Gasteiger partial charge in [-0.15, -0.1) is 0 Å². The molecule has 0 aromatic heterocycles. The molecule has 1 aromatic rings. The second-order valence-electron chi connectivity index (χ2n) is 6.90. The topological polar surface area (TPSA) is 77.1 Å². The van der Waals surface area contributed by atoms with Gasteiger partial charge in [0.05, 0.1) is 19.8 Å². The van der Waals surface area contributed by atoms with Crippen molar-refractivity contribution in [1.29, 1.82) is 0 Å². The Morgan fingerprint density at radius 2 is 2.04 bits per heavy atom. The summed E-state index contributed by atoms with van der Waals surface area (Å²) >= 11 is 0. The van der Waals surface area contributed by atoms with Crippen LogP contribution < -0.4 is 14.8 Å². The van der Waals surface area contributed by atoms with Crippen LogP contribution in [0.1, 0.15) is 37.8 Å². The van der Waals surface area contributed by atoms with Gasteiger partial charge in [0.15, 0.2) is 0 Å². The number of nitrogens with zero attached hydrogens (tertiary/aromatic N) is 1. The molecule has 0 spiro atoms. The molecule has 148 valence electrons. The Hall–Kier alpha value is -2.28. The van der Waals surface area contributed by atoms with Crippen molar-refractivity contribution in [1.82, 2.24) is 10.2 Å². The third-order valence-electron chi connectivity index (χ3n) is 4.78. The van der Waals surface area contributed by atoms with E-state index in [0.717, 1.165) is 29.0 Å². The molecule has 0 bridgehead atoms. The summed E-state index contributed by atoms with van der Waals surface area (Å²) < 4.78 is 16.8. The van der Waals surface area contributed by atoms with E-state index < -0.39 is 0 Å². The van der Waals surface area contributed by atoms with Crippen LogP contribution in [0.15, 0.2) is 12.1 Å². The van der Waals surface area contributed by atoms with E-state index in [2.05, 4.69) is 5.32 Å². The first kappa shape index (κ1) is 19.5. The molecular weight excluding hydrogens is 348 g/mol. The first-order chi connectivity index (χ1) is 13.1. The molecule has 0 radical (unpaired) electrons. The number of fused-ring (bicyclic) bond motifs is 1. The zero-order valence-electron chi connectivity index (χ0n) is 16.1. The molecule has 0 aliphatic carbocycles. The van der Waals surface area contributed by atoms with E-state index >= 15 is 0 Å². The lowest BCUT2D eigenvalue weighted by molar-refractivity contribution is -0.137. The van der Waals surface area contributed by atoms with Crippen molar-refractivity contribution >= 4 is 11.8 Å². The van der Waals surface area contributed by atoms with E-state index in [1.54, 1.807) is 4.90 Å². The number of carbonyl (C=O) groups is 2. The van der Waals surface area contributed by atoms with Crippen LogP contribution in [0.3, 0.4) is 0 Å². The Bertz CT molecular complexity index is 685. The van der Waals surface area contributed by atoms with E-state index in [0.29, 0.717) is 39.5 Å². The molecule has 27 heavy (non-hydrogen) atoms. The van der Waals surface area contributed by atoms with E-state index in [4.69, 9.17) is 14.2 Å². The van der Waals surface area contributed by atoms with Gasteiger partial charge >= 0.3 is 0 Å². The summed E-state index contributed by atoms with van der Waals surface area (Å²) in [6, 6.07) is 3.95. The van der Waals surface area contributed by atoms with Gasteiger partial charge in [0.2, 0.25) is 11.8 Å². The molecular formula is C20H28N2O5. The molecule has 7 heteroatoms. The molecule has 7 nitrogen and oxygen atoms in total. The Morgan fingerprint density at radius 3 is 2.78 bits per heavy atom. The first-order valence-electron chi connectivity index (χ1n) is 9.64. The molecule has 0 unspecified atom stereocenters. The van der Waals surface area contributed by atoms with Gasteiger partial charge in [0.25, 0.3) is 0 Å².